The van der Waals surface area contributed by atoms with Gasteiger partial charge < -0.3 is 5.32 Å². The van der Waals surface area contributed by atoms with E-state index in [1.807, 2.05) is 25.1 Å². The van der Waals surface area contributed by atoms with Crippen LogP contribution in [0.15, 0.2) is 30.3 Å². The Morgan fingerprint density at radius 3 is 2.84 bits per heavy atom. The summed E-state index contributed by atoms with van der Waals surface area (Å²) in [5.74, 6) is -0.482. The maximum atomic E-state index is 13.2. The summed E-state index contributed by atoms with van der Waals surface area (Å²) in [6.45, 7) is 2.61. The Bertz CT molecular complexity index is 618. The fourth-order valence-corrected chi connectivity index (χ4v) is 2.79. The summed E-state index contributed by atoms with van der Waals surface area (Å²) in [5.41, 5.74) is 0.957. The maximum absolute atomic E-state index is 13.2. The van der Waals surface area contributed by atoms with Crippen molar-refractivity contribution in [1.82, 2.24) is 5.32 Å². The SMILES string of the molecule is CC(NCc1ccc(F)c(C#N)c1)c1ccc(Cl)s1. The quantitative estimate of drug-likeness (QED) is 0.914. The zero-order valence-electron chi connectivity index (χ0n) is 10.3. The summed E-state index contributed by atoms with van der Waals surface area (Å²) in [7, 11) is 0. The van der Waals surface area contributed by atoms with E-state index < -0.39 is 5.82 Å². The Hall–Kier alpha value is -1.41. The van der Waals surface area contributed by atoms with Gasteiger partial charge in [0.1, 0.15) is 11.9 Å². The van der Waals surface area contributed by atoms with E-state index in [0.717, 1.165) is 14.8 Å². The summed E-state index contributed by atoms with van der Waals surface area (Å²) < 4.78 is 13.9. The first-order valence-electron chi connectivity index (χ1n) is 5.77. The van der Waals surface area contributed by atoms with Crippen LogP contribution >= 0.6 is 22.9 Å². The van der Waals surface area contributed by atoms with Gasteiger partial charge in [-0.1, -0.05) is 17.7 Å². The van der Waals surface area contributed by atoms with Gasteiger partial charge in [-0.05, 0) is 36.8 Å². The molecule has 98 valence electrons. The van der Waals surface area contributed by atoms with Crippen LogP contribution in [0.4, 0.5) is 4.39 Å². The maximum Gasteiger partial charge on any atom is 0.140 e. The van der Waals surface area contributed by atoms with Crippen molar-refractivity contribution in [3.8, 4) is 6.07 Å². The lowest BCUT2D eigenvalue weighted by Gasteiger charge is -2.12. The van der Waals surface area contributed by atoms with Crippen LogP contribution in [0.25, 0.3) is 0 Å². The third kappa shape index (κ3) is 3.54. The van der Waals surface area contributed by atoms with E-state index in [0.29, 0.717) is 6.54 Å². The number of hydrogen-bond donors (Lipinski definition) is 1. The van der Waals surface area contributed by atoms with Crippen LogP contribution in [0.5, 0.6) is 0 Å². The number of benzene rings is 1. The third-order valence-electron chi connectivity index (χ3n) is 2.78. The van der Waals surface area contributed by atoms with Crippen LogP contribution < -0.4 is 5.32 Å². The summed E-state index contributed by atoms with van der Waals surface area (Å²) in [6.07, 6.45) is 0. The zero-order valence-corrected chi connectivity index (χ0v) is 11.9. The zero-order chi connectivity index (χ0) is 13.8. The first-order chi connectivity index (χ1) is 9.10. The second-order valence-electron chi connectivity index (χ2n) is 4.17. The summed E-state index contributed by atoms with van der Waals surface area (Å²) in [6, 6.07) is 10.4. The fraction of sp³-hybridized carbons (Fsp3) is 0.214. The van der Waals surface area contributed by atoms with Gasteiger partial charge in [0.05, 0.1) is 9.90 Å². The van der Waals surface area contributed by atoms with Crippen LogP contribution in [0.3, 0.4) is 0 Å². The molecule has 0 fully saturated rings. The highest BCUT2D eigenvalue weighted by Gasteiger charge is 2.08. The van der Waals surface area contributed by atoms with Gasteiger partial charge in [0.2, 0.25) is 0 Å². The van der Waals surface area contributed by atoms with Crippen LogP contribution in [0.1, 0.15) is 29.0 Å². The number of nitrogens with one attached hydrogen (secondary N) is 1. The summed E-state index contributed by atoms with van der Waals surface area (Å²) in [5, 5.41) is 12.1. The predicted molar refractivity (Wildman–Crippen MR) is 75.7 cm³/mol. The van der Waals surface area contributed by atoms with Gasteiger partial charge in [-0.2, -0.15) is 5.26 Å². The first kappa shape index (κ1) is 14.0. The molecule has 1 aromatic carbocycles. The lowest BCUT2D eigenvalue weighted by molar-refractivity contribution is 0.580. The van der Waals surface area contributed by atoms with E-state index in [1.165, 1.54) is 17.4 Å². The molecule has 2 aromatic rings. The molecule has 1 heterocycles. The van der Waals surface area contributed by atoms with Crippen LogP contribution in [-0.4, -0.2) is 0 Å². The van der Waals surface area contributed by atoms with E-state index in [1.54, 1.807) is 12.1 Å². The molecule has 19 heavy (non-hydrogen) atoms. The van der Waals surface area contributed by atoms with Crippen molar-refractivity contribution in [2.45, 2.75) is 19.5 Å². The number of halogens is 2. The Morgan fingerprint density at radius 1 is 1.42 bits per heavy atom. The largest absolute Gasteiger partial charge is 0.305 e. The smallest absolute Gasteiger partial charge is 0.140 e. The predicted octanol–water partition coefficient (Wildman–Crippen LogP) is 4.26. The second kappa shape index (κ2) is 6.16. The molecule has 1 unspecified atom stereocenters. The van der Waals surface area contributed by atoms with E-state index in [2.05, 4.69) is 5.32 Å². The Morgan fingerprint density at radius 2 is 2.21 bits per heavy atom. The molecule has 5 heteroatoms. The average molecular weight is 295 g/mol. The first-order valence-corrected chi connectivity index (χ1v) is 6.96. The molecule has 0 bridgehead atoms. The molecule has 0 amide bonds. The molecule has 0 aliphatic heterocycles. The molecule has 1 aromatic heterocycles. The van der Waals surface area contributed by atoms with Gasteiger partial charge in [-0.3, -0.25) is 0 Å². The molecule has 1 N–H and O–H groups in total. The van der Waals surface area contributed by atoms with Crippen LogP contribution in [0.2, 0.25) is 4.34 Å². The molecule has 1 atom stereocenters. The fourth-order valence-electron chi connectivity index (χ4n) is 1.70. The minimum atomic E-state index is -0.482. The van der Waals surface area contributed by atoms with E-state index in [-0.39, 0.29) is 11.6 Å². The molecule has 2 nitrogen and oxygen atoms in total. The number of nitrogens with zero attached hydrogens (tertiary/aromatic N) is 1. The molecule has 0 saturated carbocycles. The lowest BCUT2D eigenvalue weighted by Crippen LogP contribution is -2.17. The summed E-state index contributed by atoms with van der Waals surface area (Å²) >= 11 is 7.42. The Balaban J connectivity index is 2.01. The van der Waals surface area contributed by atoms with Crippen molar-refractivity contribution in [3.63, 3.8) is 0 Å². The second-order valence-corrected chi connectivity index (χ2v) is 5.92. The minimum Gasteiger partial charge on any atom is -0.305 e. The standard InChI is InChI=1S/C14H12ClFN2S/c1-9(13-4-5-14(15)19-13)18-8-10-2-3-12(16)11(6-10)7-17/h2-6,9,18H,8H2,1H3. The highest BCUT2D eigenvalue weighted by molar-refractivity contribution is 7.16. The van der Waals surface area contributed by atoms with Gasteiger partial charge in [-0.25, -0.2) is 4.39 Å². The van der Waals surface area contributed by atoms with Crippen molar-refractivity contribution in [3.05, 3.63) is 56.5 Å². The number of thiophene rings is 1. The number of rotatable bonds is 4. The lowest BCUT2D eigenvalue weighted by atomic mass is 10.1. The number of hydrogen-bond acceptors (Lipinski definition) is 3. The van der Waals surface area contributed by atoms with Crippen molar-refractivity contribution >= 4 is 22.9 Å². The van der Waals surface area contributed by atoms with Gasteiger partial charge >= 0.3 is 0 Å². The van der Waals surface area contributed by atoms with E-state index in [9.17, 15) is 4.39 Å². The van der Waals surface area contributed by atoms with Crippen molar-refractivity contribution in [2.24, 2.45) is 0 Å². The monoisotopic (exact) mass is 294 g/mol. The molecular weight excluding hydrogens is 283 g/mol. The molecule has 0 spiro atoms. The van der Waals surface area contributed by atoms with Gasteiger partial charge in [0, 0.05) is 17.5 Å². The van der Waals surface area contributed by atoms with Gasteiger partial charge in [-0.15, -0.1) is 11.3 Å². The highest BCUT2D eigenvalue weighted by Crippen LogP contribution is 2.26. The average Bonchev–Trinajstić information content (AvgIpc) is 2.84. The molecule has 0 aliphatic carbocycles. The van der Waals surface area contributed by atoms with E-state index >= 15 is 0 Å². The van der Waals surface area contributed by atoms with Crippen molar-refractivity contribution in [1.29, 1.82) is 5.26 Å². The number of nitriles is 1. The van der Waals surface area contributed by atoms with E-state index in [4.69, 9.17) is 16.9 Å². The summed E-state index contributed by atoms with van der Waals surface area (Å²) in [4.78, 5) is 1.15. The van der Waals surface area contributed by atoms with Gasteiger partial charge in [0.25, 0.3) is 0 Å². The molecule has 0 aliphatic rings. The molecule has 0 radical (unpaired) electrons. The minimum absolute atomic E-state index is 0.0751. The normalized spacial score (nSPS) is 12.1. The van der Waals surface area contributed by atoms with Crippen LogP contribution in [0, 0.1) is 17.1 Å². The Labute approximate surface area is 120 Å². The molecular formula is C14H12ClFN2S. The Kier molecular flexibility index (Phi) is 4.54. The van der Waals surface area contributed by atoms with Crippen LogP contribution in [-0.2, 0) is 6.54 Å². The highest BCUT2D eigenvalue weighted by atomic mass is 35.5. The van der Waals surface area contributed by atoms with Crippen molar-refractivity contribution < 1.29 is 4.39 Å². The van der Waals surface area contributed by atoms with Gasteiger partial charge in [0.15, 0.2) is 0 Å². The third-order valence-corrected chi connectivity index (χ3v) is 4.20. The molecule has 2 rings (SSSR count). The molecule has 0 saturated heterocycles. The van der Waals surface area contributed by atoms with Crippen molar-refractivity contribution in [2.75, 3.05) is 0 Å². The topological polar surface area (TPSA) is 35.8 Å².